The summed E-state index contributed by atoms with van der Waals surface area (Å²) in [6.07, 6.45) is 2.39. The van der Waals surface area contributed by atoms with Gasteiger partial charge in [0.25, 0.3) is 5.91 Å². The third kappa shape index (κ3) is 3.94. The summed E-state index contributed by atoms with van der Waals surface area (Å²) in [6, 6.07) is 3.70. The van der Waals surface area contributed by atoms with Gasteiger partial charge in [0.15, 0.2) is 11.5 Å². The van der Waals surface area contributed by atoms with Gasteiger partial charge in [0.05, 0.1) is 20.9 Å². The van der Waals surface area contributed by atoms with Gasteiger partial charge in [-0.05, 0) is 55.4 Å². The fourth-order valence-corrected chi connectivity index (χ4v) is 3.88. The number of fused-ring (bicyclic) bond motifs is 1. The molecule has 2 aliphatic heterocycles. The Bertz CT molecular complexity index is 764. The van der Waals surface area contributed by atoms with Crippen molar-refractivity contribution in [3.63, 3.8) is 0 Å². The van der Waals surface area contributed by atoms with Gasteiger partial charge in [0, 0.05) is 13.1 Å². The molecule has 1 saturated heterocycles. The fraction of sp³-hybridized carbons (Fsp3) is 0.619. The number of benzene rings is 1. The molecule has 7 heteroatoms. The highest BCUT2D eigenvalue weighted by Gasteiger charge is 2.47. The van der Waals surface area contributed by atoms with Crippen molar-refractivity contribution in [3.05, 3.63) is 23.3 Å². The first-order valence-corrected chi connectivity index (χ1v) is 9.87. The van der Waals surface area contributed by atoms with Crippen molar-refractivity contribution in [2.24, 2.45) is 5.92 Å². The average molecular weight is 389 g/mol. The number of carbonyl (C=O) groups is 2. The Labute approximate surface area is 167 Å². The molecule has 1 fully saturated rings. The van der Waals surface area contributed by atoms with E-state index in [1.807, 2.05) is 19.1 Å². The highest BCUT2D eigenvalue weighted by atomic mass is 16.5. The van der Waals surface area contributed by atoms with Gasteiger partial charge < -0.3 is 14.8 Å². The number of amides is 3. The lowest BCUT2D eigenvalue weighted by Gasteiger charge is -2.32. The first-order chi connectivity index (χ1) is 13.3. The summed E-state index contributed by atoms with van der Waals surface area (Å²) in [5.41, 5.74) is 1.55. The molecule has 0 unspecified atom stereocenters. The molecule has 3 amide bonds. The molecule has 1 atom stereocenters. The van der Waals surface area contributed by atoms with Crippen molar-refractivity contribution in [2.75, 3.05) is 27.4 Å². The molecule has 3 rings (SSSR count). The highest BCUT2D eigenvalue weighted by molar-refractivity contribution is 6.06. The number of ether oxygens (including phenoxy) is 2. The molecule has 0 aliphatic carbocycles. The van der Waals surface area contributed by atoms with Crippen molar-refractivity contribution >= 4 is 11.9 Å². The molecule has 28 heavy (non-hydrogen) atoms. The van der Waals surface area contributed by atoms with Crippen molar-refractivity contribution in [2.45, 2.75) is 52.1 Å². The monoisotopic (exact) mass is 389 g/mol. The van der Waals surface area contributed by atoms with E-state index in [4.69, 9.17) is 9.47 Å². The van der Waals surface area contributed by atoms with Gasteiger partial charge in [-0.2, -0.15) is 0 Å². The lowest BCUT2D eigenvalue weighted by molar-refractivity contribution is -0.132. The summed E-state index contributed by atoms with van der Waals surface area (Å²) in [5.74, 6) is 1.78. The zero-order valence-electron chi connectivity index (χ0n) is 17.5. The van der Waals surface area contributed by atoms with E-state index in [9.17, 15) is 9.59 Å². The van der Waals surface area contributed by atoms with Gasteiger partial charge in [-0.25, -0.2) is 9.69 Å². The van der Waals surface area contributed by atoms with Gasteiger partial charge >= 0.3 is 6.03 Å². The van der Waals surface area contributed by atoms with Crippen LogP contribution in [0.1, 0.15) is 44.7 Å². The number of hydrogen-bond donors (Lipinski definition) is 1. The zero-order chi connectivity index (χ0) is 20.5. The van der Waals surface area contributed by atoms with Crippen LogP contribution in [-0.2, 0) is 17.8 Å². The predicted molar refractivity (Wildman–Crippen MR) is 106 cm³/mol. The zero-order valence-corrected chi connectivity index (χ0v) is 17.5. The fourth-order valence-electron chi connectivity index (χ4n) is 3.88. The first kappa shape index (κ1) is 20.5. The molecule has 0 spiro atoms. The van der Waals surface area contributed by atoms with Gasteiger partial charge in [-0.15, -0.1) is 0 Å². The molecule has 1 aromatic carbocycles. The Balaban J connectivity index is 1.70. The molecule has 1 aromatic rings. The van der Waals surface area contributed by atoms with E-state index in [0.717, 1.165) is 30.7 Å². The maximum Gasteiger partial charge on any atom is 0.326 e. The minimum atomic E-state index is -0.800. The van der Waals surface area contributed by atoms with Crippen LogP contribution in [0.5, 0.6) is 11.5 Å². The van der Waals surface area contributed by atoms with E-state index < -0.39 is 5.54 Å². The number of hydrogen-bond acceptors (Lipinski definition) is 5. The number of urea groups is 1. The Hall–Kier alpha value is -2.28. The largest absolute Gasteiger partial charge is 0.493 e. The normalized spacial score (nSPS) is 22.4. The van der Waals surface area contributed by atoms with Crippen LogP contribution in [0.15, 0.2) is 12.1 Å². The number of carbonyl (C=O) groups excluding carboxylic acids is 2. The second-order valence-corrected chi connectivity index (χ2v) is 8.35. The third-order valence-electron chi connectivity index (χ3n) is 5.71. The Morgan fingerprint density at radius 1 is 1.14 bits per heavy atom. The molecule has 0 bridgehead atoms. The summed E-state index contributed by atoms with van der Waals surface area (Å²) in [6.45, 7) is 7.82. The molecule has 2 aliphatic rings. The smallest absolute Gasteiger partial charge is 0.326 e. The summed E-state index contributed by atoms with van der Waals surface area (Å²) in [7, 11) is 3.25. The van der Waals surface area contributed by atoms with E-state index in [-0.39, 0.29) is 11.9 Å². The number of nitrogens with one attached hydrogen (secondary N) is 1. The van der Waals surface area contributed by atoms with E-state index >= 15 is 0 Å². The van der Waals surface area contributed by atoms with E-state index in [1.165, 1.54) is 10.5 Å². The van der Waals surface area contributed by atoms with Crippen molar-refractivity contribution in [3.8, 4) is 11.5 Å². The van der Waals surface area contributed by atoms with Gasteiger partial charge in [0.2, 0.25) is 0 Å². The second kappa shape index (κ2) is 7.99. The Morgan fingerprint density at radius 3 is 2.39 bits per heavy atom. The lowest BCUT2D eigenvalue weighted by Crippen LogP contribution is -2.46. The molecular formula is C21H31N3O4. The van der Waals surface area contributed by atoms with Crippen LogP contribution in [-0.4, -0.2) is 54.7 Å². The third-order valence-corrected chi connectivity index (χ3v) is 5.71. The minimum Gasteiger partial charge on any atom is -0.493 e. The Kier molecular flexibility index (Phi) is 5.84. The lowest BCUT2D eigenvalue weighted by atomic mass is 9.92. The molecule has 7 nitrogen and oxygen atoms in total. The topological polar surface area (TPSA) is 71.1 Å². The number of rotatable bonds is 7. The van der Waals surface area contributed by atoms with Crippen LogP contribution in [0.4, 0.5) is 4.79 Å². The van der Waals surface area contributed by atoms with Gasteiger partial charge in [-0.1, -0.05) is 13.8 Å². The van der Waals surface area contributed by atoms with Crippen molar-refractivity contribution in [1.29, 1.82) is 0 Å². The highest BCUT2D eigenvalue weighted by Crippen LogP contribution is 2.33. The van der Waals surface area contributed by atoms with Crippen LogP contribution >= 0.6 is 0 Å². The van der Waals surface area contributed by atoms with Crippen LogP contribution in [0.2, 0.25) is 0 Å². The summed E-state index contributed by atoms with van der Waals surface area (Å²) < 4.78 is 10.8. The summed E-state index contributed by atoms with van der Waals surface area (Å²) >= 11 is 0. The number of imide groups is 1. The first-order valence-electron chi connectivity index (χ1n) is 9.87. The Morgan fingerprint density at radius 2 is 1.79 bits per heavy atom. The minimum absolute atomic E-state index is 0.128. The maximum absolute atomic E-state index is 12.9. The molecule has 0 aromatic heterocycles. The maximum atomic E-state index is 12.9. The molecule has 154 valence electrons. The molecule has 0 radical (unpaired) electrons. The molecule has 1 N–H and O–H groups in total. The van der Waals surface area contributed by atoms with Crippen LogP contribution in [0.25, 0.3) is 0 Å². The van der Waals surface area contributed by atoms with E-state index in [0.29, 0.717) is 31.3 Å². The molecular weight excluding hydrogens is 358 g/mol. The van der Waals surface area contributed by atoms with Crippen LogP contribution in [0, 0.1) is 5.92 Å². The molecule has 0 saturated carbocycles. The SMILES string of the molecule is COc1cc2c(cc1OC)CN(CN1C(=O)N[C@](C)(CCC(C)C)C1=O)CC2. The summed E-state index contributed by atoms with van der Waals surface area (Å²) in [4.78, 5) is 28.9. The van der Waals surface area contributed by atoms with Crippen LogP contribution in [0.3, 0.4) is 0 Å². The predicted octanol–water partition coefficient (Wildman–Crippen LogP) is 2.77. The van der Waals surface area contributed by atoms with Gasteiger partial charge in [0.1, 0.15) is 5.54 Å². The second-order valence-electron chi connectivity index (χ2n) is 8.35. The van der Waals surface area contributed by atoms with E-state index in [1.54, 1.807) is 14.2 Å². The van der Waals surface area contributed by atoms with Crippen LogP contribution < -0.4 is 14.8 Å². The quantitative estimate of drug-likeness (QED) is 0.726. The van der Waals surface area contributed by atoms with E-state index in [2.05, 4.69) is 24.1 Å². The number of methoxy groups -OCH3 is 2. The standard InChI is InChI=1S/C21H31N3O4/c1-14(2)6-8-21(3)19(25)24(20(26)22-21)13-23-9-7-15-10-17(27-4)18(28-5)11-16(15)12-23/h10-11,14H,6-9,12-13H2,1-5H3,(H,22,26)/t21-/m1/s1. The van der Waals surface area contributed by atoms with Crippen molar-refractivity contribution in [1.82, 2.24) is 15.1 Å². The number of nitrogens with zero attached hydrogens (tertiary/aromatic N) is 2. The summed E-state index contributed by atoms with van der Waals surface area (Å²) in [5, 5.41) is 2.90. The average Bonchev–Trinajstić information content (AvgIpc) is 2.88. The van der Waals surface area contributed by atoms with Gasteiger partial charge in [-0.3, -0.25) is 9.69 Å². The van der Waals surface area contributed by atoms with Crippen molar-refractivity contribution < 1.29 is 19.1 Å². The molecule has 2 heterocycles.